The van der Waals surface area contributed by atoms with Gasteiger partial charge in [-0.25, -0.2) is 9.37 Å². The number of benzene rings is 2. The lowest BCUT2D eigenvalue weighted by atomic mass is 9.86. The summed E-state index contributed by atoms with van der Waals surface area (Å²) in [5.41, 5.74) is 3.78. The zero-order valence-corrected chi connectivity index (χ0v) is 18.1. The Labute approximate surface area is 186 Å². The minimum absolute atomic E-state index is 0.0231. The fraction of sp³-hybridized carbons (Fsp3) is 0.240. The average molecular weight is 435 g/mol. The molecule has 7 heteroatoms. The molecule has 0 fully saturated rings. The normalized spacial score (nSPS) is 12.9. The maximum atomic E-state index is 13.5. The van der Waals surface area contributed by atoms with Crippen molar-refractivity contribution >= 4 is 18.1 Å². The van der Waals surface area contributed by atoms with Crippen LogP contribution in [0.3, 0.4) is 0 Å². The van der Waals surface area contributed by atoms with Crippen molar-refractivity contribution in [2.75, 3.05) is 7.05 Å². The maximum Gasteiger partial charge on any atom is 0.237 e. The van der Waals surface area contributed by atoms with Gasteiger partial charge in [-0.15, -0.1) is 0 Å². The number of aliphatic imine (C=N–C) groups is 1. The molecule has 6 nitrogen and oxygen atoms in total. The van der Waals surface area contributed by atoms with Crippen molar-refractivity contribution in [1.29, 1.82) is 0 Å². The van der Waals surface area contributed by atoms with Crippen LogP contribution in [0.25, 0.3) is 6.08 Å². The van der Waals surface area contributed by atoms with Gasteiger partial charge in [0.1, 0.15) is 11.6 Å². The van der Waals surface area contributed by atoms with E-state index < -0.39 is 11.5 Å². The minimum atomic E-state index is -0.628. The fourth-order valence-electron chi connectivity index (χ4n) is 3.74. The SMILES string of the molecule is C/N=C\C(=O)/C(O)=C/c1ncc(CO)n1CC[C@@H](c1ccc(F)cc1)c1ccccc1C. The molecule has 3 rings (SSSR count). The summed E-state index contributed by atoms with van der Waals surface area (Å²) in [4.78, 5) is 19.7. The van der Waals surface area contributed by atoms with Gasteiger partial charge >= 0.3 is 0 Å². The zero-order valence-electron chi connectivity index (χ0n) is 18.1. The van der Waals surface area contributed by atoms with E-state index in [1.165, 1.54) is 31.5 Å². The molecule has 2 aromatic carbocycles. The standard InChI is InChI=1S/C25H26FN3O3/c1-17-5-3-4-6-21(17)22(18-7-9-19(26)10-8-18)11-12-29-20(16-30)14-28-25(29)13-23(31)24(32)15-27-2/h3-10,13-15,22,30-31H,11-12,16H2,1-2H3/b23-13-,27-15-/t22-/m0/s1. The van der Waals surface area contributed by atoms with Crippen molar-refractivity contribution in [2.45, 2.75) is 32.4 Å². The molecular weight excluding hydrogens is 409 g/mol. The number of hydrogen-bond donors (Lipinski definition) is 2. The highest BCUT2D eigenvalue weighted by Gasteiger charge is 2.19. The predicted octanol–water partition coefficient (Wildman–Crippen LogP) is 4.21. The molecule has 0 spiro atoms. The second kappa shape index (κ2) is 10.6. The molecule has 0 unspecified atom stereocenters. The van der Waals surface area contributed by atoms with Crippen LogP contribution in [0.4, 0.5) is 4.39 Å². The number of halogens is 1. The average Bonchev–Trinajstić information content (AvgIpc) is 3.17. The molecule has 0 saturated heterocycles. The Hall–Kier alpha value is -3.58. The Morgan fingerprint density at radius 1 is 1.22 bits per heavy atom. The largest absolute Gasteiger partial charge is 0.504 e. The number of carbonyl (C=O) groups is 1. The molecule has 32 heavy (non-hydrogen) atoms. The number of allylic oxidation sites excluding steroid dienone is 1. The van der Waals surface area contributed by atoms with Crippen molar-refractivity contribution in [3.63, 3.8) is 0 Å². The maximum absolute atomic E-state index is 13.5. The lowest BCUT2D eigenvalue weighted by molar-refractivity contribution is -0.111. The van der Waals surface area contributed by atoms with Gasteiger partial charge in [0.15, 0.2) is 5.76 Å². The molecule has 0 amide bonds. The van der Waals surface area contributed by atoms with Crippen LogP contribution in [0.15, 0.2) is 65.5 Å². The Morgan fingerprint density at radius 2 is 1.94 bits per heavy atom. The number of aliphatic hydroxyl groups is 2. The van der Waals surface area contributed by atoms with Crippen LogP contribution in [0.5, 0.6) is 0 Å². The third kappa shape index (κ3) is 5.36. The van der Waals surface area contributed by atoms with Gasteiger partial charge in [0.2, 0.25) is 5.78 Å². The summed E-state index contributed by atoms with van der Waals surface area (Å²) in [5.74, 6) is -1.08. The third-order valence-corrected chi connectivity index (χ3v) is 5.37. The summed E-state index contributed by atoms with van der Waals surface area (Å²) >= 11 is 0. The molecule has 1 aromatic heterocycles. The van der Waals surface area contributed by atoms with Crippen LogP contribution in [-0.4, -0.2) is 38.8 Å². The lowest BCUT2D eigenvalue weighted by Crippen LogP contribution is -2.12. The Balaban J connectivity index is 1.95. The van der Waals surface area contributed by atoms with Crippen molar-refractivity contribution < 1.29 is 19.4 Å². The molecular formula is C25H26FN3O3. The van der Waals surface area contributed by atoms with E-state index in [4.69, 9.17) is 0 Å². The van der Waals surface area contributed by atoms with Gasteiger partial charge in [-0.05, 0) is 42.2 Å². The first-order valence-electron chi connectivity index (χ1n) is 10.3. The highest BCUT2D eigenvalue weighted by atomic mass is 19.1. The Bertz CT molecular complexity index is 1130. The topological polar surface area (TPSA) is 87.7 Å². The second-order valence-electron chi connectivity index (χ2n) is 7.45. The van der Waals surface area contributed by atoms with Crippen LogP contribution >= 0.6 is 0 Å². The van der Waals surface area contributed by atoms with Crippen LogP contribution in [-0.2, 0) is 17.9 Å². The first kappa shape index (κ1) is 23.1. The van der Waals surface area contributed by atoms with Gasteiger partial charge in [-0.2, -0.15) is 0 Å². The number of aromatic nitrogens is 2. The van der Waals surface area contributed by atoms with Crippen molar-refractivity contribution in [3.8, 4) is 0 Å². The number of imidazole rings is 1. The number of nitrogens with zero attached hydrogens (tertiary/aromatic N) is 3. The number of rotatable bonds is 9. The molecule has 0 aliphatic heterocycles. The number of Topliss-reactive ketones (excluding diaryl/α,β-unsaturated/α-hetero) is 1. The summed E-state index contributed by atoms with van der Waals surface area (Å²) in [7, 11) is 1.44. The van der Waals surface area contributed by atoms with Gasteiger partial charge in [0, 0.05) is 25.6 Å². The molecule has 1 heterocycles. The highest BCUT2D eigenvalue weighted by Crippen LogP contribution is 2.31. The molecule has 2 N–H and O–H groups in total. The molecule has 0 saturated carbocycles. The van der Waals surface area contributed by atoms with Crippen molar-refractivity contribution in [1.82, 2.24) is 9.55 Å². The number of aliphatic hydroxyl groups excluding tert-OH is 2. The quantitative estimate of drug-likeness (QED) is 0.299. The second-order valence-corrected chi connectivity index (χ2v) is 7.45. The zero-order chi connectivity index (χ0) is 23.1. The van der Waals surface area contributed by atoms with E-state index in [-0.39, 0.29) is 18.3 Å². The third-order valence-electron chi connectivity index (χ3n) is 5.37. The Kier molecular flexibility index (Phi) is 7.68. The molecule has 1 atom stereocenters. The predicted molar refractivity (Wildman–Crippen MR) is 122 cm³/mol. The van der Waals surface area contributed by atoms with Crippen LogP contribution in [0, 0.1) is 12.7 Å². The van der Waals surface area contributed by atoms with Gasteiger partial charge in [-0.3, -0.25) is 9.79 Å². The summed E-state index contributed by atoms with van der Waals surface area (Å²) in [6, 6.07) is 14.5. The van der Waals surface area contributed by atoms with E-state index in [2.05, 4.69) is 16.0 Å². The molecule has 0 aliphatic carbocycles. The van der Waals surface area contributed by atoms with Crippen molar-refractivity contribution in [3.05, 3.63) is 94.5 Å². The summed E-state index contributed by atoms with van der Waals surface area (Å²) in [6.45, 7) is 2.26. The molecule has 0 radical (unpaired) electrons. The van der Waals surface area contributed by atoms with E-state index in [1.807, 2.05) is 25.1 Å². The first-order valence-corrected chi connectivity index (χ1v) is 10.3. The van der Waals surface area contributed by atoms with E-state index in [9.17, 15) is 19.4 Å². The van der Waals surface area contributed by atoms with Gasteiger partial charge in [0.05, 0.1) is 24.7 Å². The molecule has 0 aliphatic rings. The number of ketones is 1. The molecule has 3 aromatic rings. The summed E-state index contributed by atoms with van der Waals surface area (Å²) in [6.07, 6.45) is 4.43. The van der Waals surface area contributed by atoms with Crippen molar-refractivity contribution in [2.24, 2.45) is 4.99 Å². The van der Waals surface area contributed by atoms with E-state index in [0.717, 1.165) is 22.9 Å². The highest BCUT2D eigenvalue weighted by molar-refractivity contribution is 6.35. The monoisotopic (exact) mass is 435 g/mol. The minimum Gasteiger partial charge on any atom is -0.504 e. The van der Waals surface area contributed by atoms with E-state index >= 15 is 0 Å². The van der Waals surface area contributed by atoms with Gasteiger partial charge in [0.25, 0.3) is 0 Å². The number of carbonyl (C=O) groups excluding carboxylic acids is 1. The molecule has 0 bridgehead atoms. The summed E-state index contributed by atoms with van der Waals surface area (Å²) < 4.78 is 15.3. The van der Waals surface area contributed by atoms with Gasteiger partial charge in [-0.1, -0.05) is 36.4 Å². The smallest absolute Gasteiger partial charge is 0.237 e. The number of aryl methyl sites for hydroxylation is 1. The Morgan fingerprint density at radius 3 is 2.59 bits per heavy atom. The lowest BCUT2D eigenvalue weighted by Gasteiger charge is -2.21. The van der Waals surface area contributed by atoms with E-state index in [0.29, 0.717) is 24.5 Å². The fourth-order valence-corrected chi connectivity index (χ4v) is 3.74. The van der Waals surface area contributed by atoms with Crippen LogP contribution < -0.4 is 0 Å². The van der Waals surface area contributed by atoms with Crippen LogP contribution in [0.1, 0.15) is 40.5 Å². The number of hydrogen-bond acceptors (Lipinski definition) is 5. The summed E-state index contributed by atoms with van der Waals surface area (Å²) in [5, 5.41) is 19.8. The molecule has 166 valence electrons. The first-order chi connectivity index (χ1) is 15.4. The van der Waals surface area contributed by atoms with E-state index in [1.54, 1.807) is 16.7 Å². The van der Waals surface area contributed by atoms with Crippen LogP contribution in [0.2, 0.25) is 0 Å². The van der Waals surface area contributed by atoms with Gasteiger partial charge < -0.3 is 14.8 Å².